The third-order valence-electron chi connectivity index (χ3n) is 4.19. The van der Waals surface area contributed by atoms with Crippen LogP contribution in [0, 0.1) is 0 Å². The van der Waals surface area contributed by atoms with Crippen molar-refractivity contribution in [1.82, 2.24) is 10.3 Å². The van der Waals surface area contributed by atoms with E-state index in [0.717, 1.165) is 48.8 Å². The van der Waals surface area contributed by atoms with Crippen LogP contribution in [0.2, 0.25) is 0 Å². The zero-order valence-corrected chi connectivity index (χ0v) is 16.5. The fourth-order valence-corrected chi connectivity index (χ4v) is 2.95. The highest BCUT2D eigenvalue weighted by Crippen LogP contribution is 2.26. The molecule has 1 heterocycles. The SMILES string of the molecule is CCCCNc1cc2c(CCCC(=O)NC(C)(C)C)cccc2nc1N. The summed E-state index contributed by atoms with van der Waals surface area (Å²) in [5.74, 6) is 0.636. The lowest BCUT2D eigenvalue weighted by molar-refractivity contribution is -0.122. The maximum Gasteiger partial charge on any atom is 0.220 e. The predicted molar refractivity (Wildman–Crippen MR) is 110 cm³/mol. The number of nitrogens with two attached hydrogens (primary N) is 1. The summed E-state index contributed by atoms with van der Waals surface area (Å²) in [6.07, 6.45) is 4.41. The first-order chi connectivity index (χ1) is 12.3. The van der Waals surface area contributed by atoms with Crippen molar-refractivity contribution in [3.63, 3.8) is 0 Å². The Morgan fingerprint density at radius 1 is 1.23 bits per heavy atom. The molecule has 2 rings (SSSR count). The number of nitrogens with zero attached hydrogens (tertiary/aromatic N) is 1. The number of aromatic nitrogens is 1. The van der Waals surface area contributed by atoms with Crippen molar-refractivity contribution in [2.45, 2.75) is 65.3 Å². The summed E-state index contributed by atoms with van der Waals surface area (Å²) in [7, 11) is 0. The Hall–Kier alpha value is -2.30. The van der Waals surface area contributed by atoms with E-state index in [2.05, 4.69) is 34.7 Å². The smallest absolute Gasteiger partial charge is 0.220 e. The standard InChI is InChI=1S/C21H32N4O/c1-5-6-13-23-18-14-16-15(9-7-11-17(16)24-20(18)22)10-8-12-19(26)25-21(2,3)4/h7,9,11,14,23H,5-6,8,10,12-13H2,1-4H3,(H2,22,24)(H,25,26). The van der Waals surface area contributed by atoms with Crippen LogP contribution < -0.4 is 16.4 Å². The number of aryl methyl sites for hydroxylation is 1. The minimum atomic E-state index is -0.183. The van der Waals surface area contributed by atoms with Gasteiger partial charge in [0.25, 0.3) is 0 Å². The average molecular weight is 357 g/mol. The van der Waals surface area contributed by atoms with Gasteiger partial charge in [0.05, 0.1) is 11.2 Å². The summed E-state index contributed by atoms with van der Waals surface area (Å²) in [5.41, 5.74) is 8.91. The van der Waals surface area contributed by atoms with E-state index in [1.807, 2.05) is 32.9 Å². The molecular weight excluding hydrogens is 324 g/mol. The van der Waals surface area contributed by atoms with Gasteiger partial charge in [0, 0.05) is 23.9 Å². The zero-order chi connectivity index (χ0) is 19.2. The lowest BCUT2D eigenvalue weighted by Gasteiger charge is -2.20. The van der Waals surface area contributed by atoms with Gasteiger partial charge in [0.2, 0.25) is 5.91 Å². The number of unbranched alkanes of at least 4 members (excludes halogenated alkanes) is 1. The molecule has 1 amide bonds. The maximum absolute atomic E-state index is 12.0. The van der Waals surface area contributed by atoms with Crippen molar-refractivity contribution < 1.29 is 4.79 Å². The Kier molecular flexibility index (Phi) is 6.83. The van der Waals surface area contributed by atoms with Gasteiger partial charge in [-0.1, -0.05) is 25.5 Å². The molecule has 0 spiro atoms. The summed E-state index contributed by atoms with van der Waals surface area (Å²) in [4.78, 5) is 16.6. The number of carbonyl (C=O) groups is 1. The molecule has 0 saturated heterocycles. The van der Waals surface area contributed by atoms with E-state index >= 15 is 0 Å². The first-order valence-electron chi connectivity index (χ1n) is 9.53. The first kappa shape index (κ1) is 20.0. The van der Waals surface area contributed by atoms with E-state index < -0.39 is 0 Å². The van der Waals surface area contributed by atoms with Gasteiger partial charge in [-0.25, -0.2) is 4.98 Å². The fourth-order valence-electron chi connectivity index (χ4n) is 2.95. The fraction of sp³-hybridized carbons (Fsp3) is 0.524. The molecule has 0 fully saturated rings. The largest absolute Gasteiger partial charge is 0.382 e. The third kappa shape index (κ3) is 5.90. The topological polar surface area (TPSA) is 80.0 Å². The van der Waals surface area contributed by atoms with Gasteiger partial charge >= 0.3 is 0 Å². The normalized spacial score (nSPS) is 11.5. The molecule has 5 heteroatoms. The Bertz CT molecular complexity index is 749. The van der Waals surface area contributed by atoms with Crippen LogP contribution in [0.4, 0.5) is 11.5 Å². The molecule has 0 aliphatic carbocycles. The number of benzene rings is 1. The molecule has 0 radical (unpaired) electrons. The van der Waals surface area contributed by atoms with Crippen molar-refractivity contribution in [1.29, 1.82) is 0 Å². The van der Waals surface area contributed by atoms with Gasteiger partial charge in [0.1, 0.15) is 5.82 Å². The van der Waals surface area contributed by atoms with Crippen molar-refractivity contribution in [3.05, 3.63) is 29.8 Å². The molecule has 26 heavy (non-hydrogen) atoms. The second kappa shape index (κ2) is 8.88. The Morgan fingerprint density at radius 3 is 2.69 bits per heavy atom. The molecule has 0 aliphatic rings. The van der Waals surface area contributed by atoms with Crippen LogP contribution in [0.5, 0.6) is 0 Å². The molecule has 0 bridgehead atoms. The minimum absolute atomic E-state index is 0.0991. The van der Waals surface area contributed by atoms with Crippen LogP contribution in [0.25, 0.3) is 10.9 Å². The molecular formula is C21H32N4O. The Balaban J connectivity index is 2.09. The van der Waals surface area contributed by atoms with Crippen LogP contribution in [-0.2, 0) is 11.2 Å². The summed E-state index contributed by atoms with van der Waals surface area (Å²) < 4.78 is 0. The summed E-state index contributed by atoms with van der Waals surface area (Å²) >= 11 is 0. The van der Waals surface area contributed by atoms with Crippen molar-refractivity contribution in [2.24, 2.45) is 0 Å². The summed E-state index contributed by atoms with van der Waals surface area (Å²) in [6, 6.07) is 8.19. The van der Waals surface area contributed by atoms with E-state index in [0.29, 0.717) is 12.2 Å². The van der Waals surface area contributed by atoms with Gasteiger partial charge in [-0.15, -0.1) is 0 Å². The van der Waals surface area contributed by atoms with Gasteiger partial charge in [-0.3, -0.25) is 4.79 Å². The monoisotopic (exact) mass is 356 g/mol. The summed E-state index contributed by atoms with van der Waals surface area (Å²) in [5, 5.41) is 7.50. The highest BCUT2D eigenvalue weighted by atomic mass is 16.1. The van der Waals surface area contributed by atoms with E-state index in [-0.39, 0.29) is 11.4 Å². The molecule has 142 valence electrons. The quantitative estimate of drug-likeness (QED) is 0.617. The molecule has 2 aromatic rings. The van der Waals surface area contributed by atoms with Crippen molar-refractivity contribution >= 4 is 28.3 Å². The molecule has 5 nitrogen and oxygen atoms in total. The zero-order valence-electron chi connectivity index (χ0n) is 16.5. The minimum Gasteiger partial charge on any atom is -0.382 e. The number of anilines is 2. The molecule has 1 aromatic carbocycles. The van der Waals surface area contributed by atoms with Crippen LogP contribution in [0.3, 0.4) is 0 Å². The molecule has 0 atom stereocenters. The lowest BCUT2D eigenvalue weighted by Crippen LogP contribution is -2.40. The molecule has 4 N–H and O–H groups in total. The molecule has 0 saturated carbocycles. The Morgan fingerprint density at radius 2 is 2.00 bits per heavy atom. The lowest BCUT2D eigenvalue weighted by atomic mass is 10.0. The van der Waals surface area contributed by atoms with Crippen LogP contribution in [0.15, 0.2) is 24.3 Å². The number of fused-ring (bicyclic) bond motifs is 1. The maximum atomic E-state index is 12.0. The number of rotatable bonds is 8. The summed E-state index contributed by atoms with van der Waals surface area (Å²) in [6.45, 7) is 9.05. The number of nitrogen functional groups attached to an aromatic ring is 1. The highest BCUT2D eigenvalue weighted by molar-refractivity contribution is 5.88. The van der Waals surface area contributed by atoms with Crippen LogP contribution in [-0.4, -0.2) is 23.0 Å². The van der Waals surface area contributed by atoms with Gasteiger partial charge in [-0.2, -0.15) is 0 Å². The number of amides is 1. The van der Waals surface area contributed by atoms with Crippen LogP contribution >= 0.6 is 0 Å². The number of nitrogens with one attached hydrogen (secondary N) is 2. The van der Waals surface area contributed by atoms with Gasteiger partial charge in [0.15, 0.2) is 0 Å². The van der Waals surface area contributed by atoms with E-state index in [1.54, 1.807) is 0 Å². The Labute approximate surface area is 156 Å². The first-order valence-corrected chi connectivity index (χ1v) is 9.53. The molecule has 0 unspecified atom stereocenters. The molecule has 1 aromatic heterocycles. The average Bonchev–Trinajstić information content (AvgIpc) is 2.54. The highest BCUT2D eigenvalue weighted by Gasteiger charge is 2.13. The number of carbonyl (C=O) groups excluding carboxylic acids is 1. The second-order valence-corrected chi connectivity index (χ2v) is 7.84. The van der Waals surface area contributed by atoms with E-state index in [9.17, 15) is 4.79 Å². The van der Waals surface area contributed by atoms with Crippen LogP contribution in [0.1, 0.15) is 58.9 Å². The number of hydrogen-bond acceptors (Lipinski definition) is 4. The third-order valence-corrected chi connectivity index (χ3v) is 4.19. The van der Waals surface area contributed by atoms with E-state index in [1.165, 1.54) is 5.56 Å². The van der Waals surface area contributed by atoms with Gasteiger partial charge in [-0.05, 0) is 57.7 Å². The number of pyridine rings is 1. The van der Waals surface area contributed by atoms with E-state index in [4.69, 9.17) is 5.73 Å². The molecule has 0 aliphatic heterocycles. The van der Waals surface area contributed by atoms with Crippen molar-refractivity contribution in [3.8, 4) is 0 Å². The number of hydrogen-bond donors (Lipinski definition) is 3. The predicted octanol–water partition coefficient (Wildman–Crippen LogP) is 4.27. The van der Waals surface area contributed by atoms with Crippen molar-refractivity contribution in [2.75, 3.05) is 17.6 Å². The second-order valence-electron chi connectivity index (χ2n) is 7.84. The van der Waals surface area contributed by atoms with Gasteiger partial charge < -0.3 is 16.4 Å².